The Bertz CT molecular complexity index is 959. The average Bonchev–Trinajstić information content (AvgIpc) is 3.27. The molecule has 0 radical (unpaired) electrons. The van der Waals surface area contributed by atoms with Gasteiger partial charge in [-0.1, -0.05) is 18.2 Å². The van der Waals surface area contributed by atoms with Gasteiger partial charge in [-0.25, -0.2) is 10.0 Å². The van der Waals surface area contributed by atoms with E-state index in [1.54, 1.807) is 11.3 Å². The molecule has 7 nitrogen and oxygen atoms in total. The molecule has 0 N–H and O–H groups in total. The quantitative estimate of drug-likeness (QED) is 0.630. The van der Waals surface area contributed by atoms with Gasteiger partial charge in [0.05, 0.1) is 0 Å². The van der Waals surface area contributed by atoms with Crippen LogP contribution in [0.4, 0.5) is 5.82 Å². The van der Waals surface area contributed by atoms with Crippen LogP contribution in [0.1, 0.15) is 30.9 Å². The molecule has 156 valence electrons. The minimum atomic E-state index is -0.554. The van der Waals surface area contributed by atoms with Gasteiger partial charge < -0.3 is 14.4 Å². The highest BCUT2D eigenvalue weighted by atomic mass is 79.9. The summed E-state index contributed by atoms with van der Waals surface area (Å²) in [5.41, 5.74) is 0.918. The van der Waals surface area contributed by atoms with Crippen molar-refractivity contribution in [1.82, 2.24) is 9.88 Å². The summed E-state index contributed by atoms with van der Waals surface area (Å²) in [5.74, 6) is 2.05. The summed E-state index contributed by atoms with van der Waals surface area (Å²) in [5, 5.41) is 1.62. The number of rotatable bonds is 3. The second-order valence-electron chi connectivity index (χ2n) is 7.51. The molecule has 0 bridgehead atoms. The topological polar surface area (TPSA) is 64.1 Å². The lowest BCUT2D eigenvalue weighted by atomic mass is 10.0. The van der Waals surface area contributed by atoms with Gasteiger partial charge in [0.25, 0.3) is 5.91 Å². The minimum Gasteiger partial charge on any atom is -0.454 e. The Morgan fingerprint density at radius 1 is 1.03 bits per heavy atom. The van der Waals surface area contributed by atoms with Crippen molar-refractivity contribution >= 4 is 27.7 Å². The van der Waals surface area contributed by atoms with E-state index in [9.17, 15) is 4.79 Å². The van der Waals surface area contributed by atoms with Crippen LogP contribution in [0.3, 0.4) is 0 Å². The molecule has 1 amide bonds. The van der Waals surface area contributed by atoms with Crippen LogP contribution in [0.5, 0.6) is 11.5 Å². The molecule has 1 aromatic carbocycles. The number of hydroxylamine groups is 1. The van der Waals surface area contributed by atoms with Gasteiger partial charge in [0.2, 0.25) is 6.79 Å². The van der Waals surface area contributed by atoms with E-state index in [2.05, 4.69) is 20.9 Å². The number of fused-ring (bicyclic) bond motifs is 1. The molecule has 2 unspecified atom stereocenters. The first kappa shape index (κ1) is 19.4. The van der Waals surface area contributed by atoms with Gasteiger partial charge in [-0.3, -0.25) is 9.63 Å². The van der Waals surface area contributed by atoms with E-state index in [1.165, 1.54) is 6.42 Å². The zero-order valence-corrected chi connectivity index (χ0v) is 18.0. The Morgan fingerprint density at radius 2 is 1.87 bits per heavy atom. The number of benzene rings is 1. The number of aromatic nitrogens is 1. The summed E-state index contributed by atoms with van der Waals surface area (Å²) >= 11 is 3.42. The van der Waals surface area contributed by atoms with E-state index < -0.39 is 6.04 Å². The standard InChI is InChI=1S/C22H22BrN3O4/c23-16-5-9-21(24-13-16)26-17(22(27)25-10-2-1-3-11-25)6-8-18(30-26)15-4-7-19-20(12-15)29-14-28-19/h4-9,12-13,17-18H,1-3,10-11,14H2. The normalized spacial score (nSPS) is 23.0. The number of hydrogen-bond acceptors (Lipinski definition) is 6. The molecule has 1 fully saturated rings. The van der Waals surface area contributed by atoms with Crippen LogP contribution in [0.25, 0.3) is 0 Å². The summed E-state index contributed by atoms with van der Waals surface area (Å²) < 4.78 is 11.8. The molecule has 1 saturated heterocycles. The Morgan fingerprint density at radius 3 is 2.67 bits per heavy atom. The van der Waals surface area contributed by atoms with Crippen molar-refractivity contribution in [2.75, 3.05) is 24.9 Å². The van der Waals surface area contributed by atoms with Crippen LogP contribution >= 0.6 is 15.9 Å². The number of piperidine rings is 1. The van der Waals surface area contributed by atoms with Crippen molar-refractivity contribution in [2.45, 2.75) is 31.4 Å². The number of carbonyl (C=O) groups excluding carboxylic acids is 1. The Kier molecular flexibility index (Phi) is 5.35. The average molecular weight is 472 g/mol. The predicted molar refractivity (Wildman–Crippen MR) is 114 cm³/mol. The number of amides is 1. The molecule has 0 saturated carbocycles. The number of ether oxygens (including phenoxy) is 2. The lowest BCUT2D eigenvalue weighted by Gasteiger charge is -2.38. The summed E-state index contributed by atoms with van der Waals surface area (Å²) in [6.07, 6.45) is 8.44. The SMILES string of the molecule is O=C(C1C=CC(c2ccc3c(c2)OCO3)ON1c1ccc(Br)cn1)N1CCCCC1. The highest BCUT2D eigenvalue weighted by Crippen LogP contribution is 2.37. The van der Waals surface area contributed by atoms with Crippen molar-refractivity contribution < 1.29 is 19.1 Å². The molecule has 5 rings (SSSR count). The van der Waals surface area contributed by atoms with Crippen LogP contribution in [-0.4, -0.2) is 41.7 Å². The maximum Gasteiger partial charge on any atom is 0.251 e. The van der Waals surface area contributed by atoms with E-state index in [0.717, 1.165) is 41.7 Å². The monoisotopic (exact) mass is 471 g/mol. The largest absolute Gasteiger partial charge is 0.454 e. The van der Waals surface area contributed by atoms with E-state index >= 15 is 0 Å². The highest BCUT2D eigenvalue weighted by Gasteiger charge is 2.35. The lowest BCUT2D eigenvalue weighted by Crippen LogP contribution is -2.51. The van der Waals surface area contributed by atoms with E-state index in [-0.39, 0.29) is 18.8 Å². The number of hydrogen-bond donors (Lipinski definition) is 0. The zero-order chi connectivity index (χ0) is 20.5. The van der Waals surface area contributed by atoms with Crippen LogP contribution in [0, 0.1) is 0 Å². The summed E-state index contributed by atoms with van der Waals surface area (Å²) in [7, 11) is 0. The summed E-state index contributed by atoms with van der Waals surface area (Å²) in [6, 6.07) is 8.92. The first-order valence-electron chi connectivity index (χ1n) is 10.1. The van der Waals surface area contributed by atoms with E-state index in [0.29, 0.717) is 11.6 Å². The van der Waals surface area contributed by atoms with Gasteiger partial charge in [-0.15, -0.1) is 0 Å². The molecule has 3 aliphatic rings. The maximum atomic E-state index is 13.3. The first-order valence-corrected chi connectivity index (χ1v) is 10.9. The number of carbonyl (C=O) groups is 1. The van der Waals surface area contributed by atoms with E-state index in [4.69, 9.17) is 14.3 Å². The lowest BCUT2D eigenvalue weighted by molar-refractivity contribution is -0.135. The van der Waals surface area contributed by atoms with Crippen molar-refractivity contribution in [1.29, 1.82) is 0 Å². The fraction of sp³-hybridized carbons (Fsp3) is 0.364. The van der Waals surface area contributed by atoms with Crippen molar-refractivity contribution in [3.05, 3.63) is 58.7 Å². The third kappa shape index (κ3) is 3.77. The molecule has 3 aliphatic heterocycles. The molecule has 0 spiro atoms. The fourth-order valence-corrected chi connectivity index (χ4v) is 4.18. The molecule has 1 aromatic heterocycles. The second kappa shape index (κ2) is 8.28. The molecule has 2 aromatic rings. The molecule has 8 heteroatoms. The van der Waals surface area contributed by atoms with Crippen molar-refractivity contribution in [2.24, 2.45) is 0 Å². The Labute approximate surface area is 183 Å². The van der Waals surface area contributed by atoms with Crippen molar-refractivity contribution in [3.63, 3.8) is 0 Å². The molecule has 4 heterocycles. The van der Waals surface area contributed by atoms with Crippen LogP contribution < -0.4 is 14.5 Å². The Balaban J connectivity index is 1.45. The van der Waals surface area contributed by atoms with Crippen LogP contribution in [-0.2, 0) is 9.63 Å². The Hall–Kier alpha value is -2.58. The highest BCUT2D eigenvalue weighted by molar-refractivity contribution is 9.10. The number of anilines is 1. The maximum absolute atomic E-state index is 13.3. The van der Waals surface area contributed by atoms with Gasteiger partial charge in [0.15, 0.2) is 23.4 Å². The van der Waals surface area contributed by atoms with Gasteiger partial charge >= 0.3 is 0 Å². The smallest absolute Gasteiger partial charge is 0.251 e. The van der Waals surface area contributed by atoms with Crippen molar-refractivity contribution in [3.8, 4) is 11.5 Å². The van der Waals surface area contributed by atoms with Crippen LogP contribution in [0.15, 0.2) is 53.2 Å². The number of halogens is 1. The van der Waals surface area contributed by atoms with Gasteiger partial charge in [0.1, 0.15) is 6.10 Å². The van der Waals surface area contributed by atoms with E-state index in [1.807, 2.05) is 47.4 Å². The fourth-order valence-electron chi connectivity index (χ4n) is 3.95. The molecule has 30 heavy (non-hydrogen) atoms. The number of pyridine rings is 1. The van der Waals surface area contributed by atoms with Gasteiger partial charge in [0, 0.05) is 23.8 Å². The summed E-state index contributed by atoms with van der Waals surface area (Å²) in [4.78, 5) is 26.0. The molecule has 2 atom stereocenters. The van der Waals surface area contributed by atoms with Gasteiger partial charge in [-0.2, -0.15) is 0 Å². The first-order chi connectivity index (χ1) is 14.7. The second-order valence-corrected chi connectivity index (χ2v) is 8.43. The zero-order valence-electron chi connectivity index (χ0n) is 16.4. The van der Waals surface area contributed by atoms with Gasteiger partial charge in [-0.05, 0) is 65.0 Å². The third-order valence-corrected chi connectivity index (χ3v) is 6.00. The molecule has 0 aliphatic carbocycles. The predicted octanol–water partition coefficient (Wildman–Crippen LogP) is 4.00. The third-order valence-electron chi connectivity index (χ3n) is 5.53. The minimum absolute atomic E-state index is 0.0415. The van der Waals surface area contributed by atoms with Crippen LogP contribution in [0.2, 0.25) is 0 Å². The number of likely N-dealkylation sites (tertiary alicyclic amines) is 1. The molecular formula is C22H22BrN3O4. The molecular weight excluding hydrogens is 450 g/mol. The summed E-state index contributed by atoms with van der Waals surface area (Å²) in [6.45, 7) is 1.80. The number of nitrogens with zero attached hydrogens (tertiary/aromatic N) is 3.